The number of ether oxygens (including phenoxy) is 1. The molecular formula is C13H22N2O3S2. The van der Waals surface area contributed by atoms with Crippen LogP contribution in [0.1, 0.15) is 31.1 Å². The fourth-order valence-electron chi connectivity index (χ4n) is 1.90. The maximum atomic E-state index is 12.4. The molecule has 1 fully saturated rings. The van der Waals surface area contributed by atoms with Crippen LogP contribution in [-0.4, -0.2) is 34.2 Å². The van der Waals surface area contributed by atoms with Gasteiger partial charge in [-0.2, -0.15) is 0 Å². The molecule has 1 aliphatic carbocycles. The van der Waals surface area contributed by atoms with E-state index >= 15 is 0 Å². The number of thiophene rings is 1. The van der Waals surface area contributed by atoms with Gasteiger partial charge in [0, 0.05) is 37.2 Å². The Labute approximate surface area is 124 Å². The van der Waals surface area contributed by atoms with Crippen molar-refractivity contribution in [2.45, 2.75) is 49.7 Å². The average Bonchev–Trinajstić information content (AvgIpc) is 3.09. The van der Waals surface area contributed by atoms with E-state index in [1.807, 2.05) is 12.3 Å². The first-order chi connectivity index (χ1) is 9.53. The number of sulfonamides is 1. The Morgan fingerprint density at radius 2 is 2.25 bits per heavy atom. The van der Waals surface area contributed by atoms with Crippen LogP contribution in [0, 0.1) is 0 Å². The average molecular weight is 318 g/mol. The van der Waals surface area contributed by atoms with Crippen LogP contribution in [0.15, 0.2) is 16.3 Å². The topological polar surface area (TPSA) is 67.4 Å². The summed E-state index contributed by atoms with van der Waals surface area (Å²) in [7, 11) is -1.83. The fourth-order valence-corrected chi connectivity index (χ4v) is 4.58. The SMILES string of the molecule is COCCC(C)NS(=O)(=O)c1ccsc1CNC1CC1. The van der Waals surface area contributed by atoms with Gasteiger partial charge in [-0.1, -0.05) is 0 Å². The number of hydrogen-bond donors (Lipinski definition) is 2. The van der Waals surface area contributed by atoms with Crippen molar-refractivity contribution in [1.82, 2.24) is 10.0 Å². The van der Waals surface area contributed by atoms with E-state index in [4.69, 9.17) is 4.74 Å². The Balaban J connectivity index is 1.98. The van der Waals surface area contributed by atoms with Gasteiger partial charge in [0.2, 0.25) is 10.0 Å². The van der Waals surface area contributed by atoms with Crippen molar-refractivity contribution in [1.29, 1.82) is 0 Å². The zero-order valence-electron chi connectivity index (χ0n) is 11.9. The van der Waals surface area contributed by atoms with Gasteiger partial charge in [0.15, 0.2) is 0 Å². The van der Waals surface area contributed by atoms with Gasteiger partial charge in [-0.15, -0.1) is 11.3 Å². The Morgan fingerprint density at radius 1 is 1.50 bits per heavy atom. The fraction of sp³-hybridized carbons (Fsp3) is 0.692. The van der Waals surface area contributed by atoms with Gasteiger partial charge in [0.1, 0.15) is 0 Å². The van der Waals surface area contributed by atoms with Gasteiger partial charge in [-0.3, -0.25) is 0 Å². The van der Waals surface area contributed by atoms with Crippen LogP contribution >= 0.6 is 11.3 Å². The first-order valence-electron chi connectivity index (χ1n) is 6.84. The Bertz CT molecular complexity index is 523. The molecule has 0 saturated heterocycles. The Hall–Kier alpha value is -0.470. The third-order valence-electron chi connectivity index (χ3n) is 3.23. The third kappa shape index (κ3) is 4.53. The molecule has 0 radical (unpaired) electrons. The smallest absolute Gasteiger partial charge is 0.241 e. The van der Waals surface area contributed by atoms with E-state index in [0.29, 0.717) is 30.5 Å². The maximum Gasteiger partial charge on any atom is 0.241 e. The molecule has 0 spiro atoms. The van der Waals surface area contributed by atoms with Crippen molar-refractivity contribution in [2.24, 2.45) is 0 Å². The van der Waals surface area contributed by atoms with Gasteiger partial charge in [0.05, 0.1) is 4.90 Å². The molecule has 0 aromatic carbocycles. The zero-order valence-corrected chi connectivity index (χ0v) is 13.5. The molecule has 114 valence electrons. The van der Waals surface area contributed by atoms with Crippen LogP contribution in [0.4, 0.5) is 0 Å². The first kappa shape index (κ1) is 15.9. The third-order valence-corrected chi connectivity index (χ3v) is 5.96. The summed E-state index contributed by atoms with van der Waals surface area (Å²) in [6, 6.07) is 2.12. The second-order valence-corrected chi connectivity index (χ2v) is 7.85. The molecule has 2 N–H and O–H groups in total. The summed E-state index contributed by atoms with van der Waals surface area (Å²) in [5.74, 6) is 0. The van der Waals surface area contributed by atoms with E-state index in [2.05, 4.69) is 10.0 Å². The summed E-state index contributed by atoms with van der Waals surface area (Å²) in [5, 5.41) is 5.19. The minimum atomic E-state index is -3.44. The van der Waals surface area contributed by atoms with Crippen LogP contribution in [-0.2, 0) is 21.3 Å². The van der Waals surface area contributed by atoms with E-state index in [9.17, 15) is 8.42 Å². The zero-order chi connectivity index (χ0) is 14.6. The maximum absolute atomic E-state index is 12.4. The van der Waals surface area contributed by atoms with Crippen LogP contribution in [0.3, 0.4) is 0 Å². The number of rotatable bonds is 9. The van der Waals surface area contributed by atoms with Gasteiger partial charge in [0.25, 0.3) is 0 Å². The molecule has 5 nitrogen and oxygen atoms in total. The molecule has 1 unspecified atom stereocenters. The lowest BCUT2D eigenvalue weighted by Gasteiger charge is -2.14. The highest BCUT2D eigenvalue weighted by Crippen LogP contribution is 2.25. The van der Waals surface area contributed by atoms with E-state index in [-0.39, 0.29) is 6.04 Å². The number of hydrogen-bond acceptors (Lipinski definition) is 5. The molecule has 1 saturated carbocycles. The minimum Gasteiger partial charge on any atom is -0.385 e. The molecule has 7 heteroatoms. The molecule has 0 amide bonds. The second-order valence-electron chi connectivity index (χ2n) is 5.17. The minimum absolute atomic E-state index is 0.135. The normalized spacial score (nSPS) is 17.3. The van der Waals surface area contributed by atoms with Crippen molar-refractivity contribution in [2.75, 3.05) is 13.7 Å². The van der Waals surface area contributed by atoms with E-state index in [1.165, 1.54) is 24.2 Å². The summed E-state index contributed by atoms with van der Waals surface area (Å²) in [4.78, 5) is 1.28. The Morgan fingerprint density at radius 3 is 2.90 bits per heavy atom. The van der Waals surface area contributed by atoms with Gasteiger partial charge in [-0.25, -0.2) is 13.1 Å². The summed E-state index contributed by atoms with van der Waals surface area (Å²) in [5.41, 5.74) is 0. The molecular weight excluding hydrogens is 296 g/mol. The molecule has 0 aliphatic heterocycles. The van der Waals surface area contributed by atoms with Crippen LogP contribution < -0.4 is 10.0 Å². The quantitative estimate of drug-likeness (QED) is 0.727. The van der Waals surface area contributed by atoms with Crippen LogP contribution in [0.25, 0.3) is 0 Å². The lowest BCUT2D eigenvalue weighted by molar-refractivity contribution is 0.188. The molecule has 1 aliphatic rings. The van der Waals surface area contributed by atoms with Crippen molar-refractivity contribution in [3.05, 3.63) is 16.3 Å². The van der Waals surface area contributed by atoms with Crippen LogP contribution in [0.2, 0.25) is 0 Å². The molecule has 2 rings (SSSR count). The molecule has 1 aromatic rings. The van der Waals surface area contributed by atoms with Crippen molar-refractivity contribution in [3.8, 4) is 0 Å². The lowest BCUT2D eigenvalue weighted by Crippen LogP contribution is -2.33. The molecule has 1 atom stereocenters. The Kier molecular flexibility index (Phi) is 5.57. The van der Waals surface area contributed by atoms with Crippen molar-refractivity contribution >= 4 is 21.4 Å². The van der Waals surface area contributed by atoms with E-state index < -0.39 is 10.0 Å². The molecule has 0 bridgehead atoms. The summed E-state index contributed by atoms with van der Waals surface area (Å²) in [6.07, 6.45) is 3.05. The van der Waals surface area contributed by atoms with Gasteiger partial charge in [-0.05, 0) is 37.6 Å². The van der Waals surface area contributed by atoms with Crippen LogP contribution in [0.5, 0.6) is 0 Å². The summed E-state index contributed by atoms with van der Waals surface area (Å²) >= 11 is 1.48. The summed E-state index contributed by atoms with van der Waals surface area (Å²) in [6.45, 7) is 3.03. The predicted octanol–water partition coefficient (Wildman–Crippen LogP) is 1.70. The van der Waals surface area contributed by atoms with Crippen molar-refractivity contribution < 1.29 is 13.2 Å². The van der Waals surface area contributed by atoms with Gasteiger partial charge < -0.3 is 10.1 Å². The number of methoxy groups -OCH3 is 1. The number of nitrogens with one attached hydrogen (secondary N) is 2. The summed E-state index contributed by atoms with van der Waals surface area (Å²) < 4.78 is 32.4. The molecule has 1 aromatic heterocycles. The monoisotopic (exact) mass is 318 g/mol. The van der Waals surface area contributed by atoms with E-state index in [1.54, 1.807) is 13.2 Å². The molecule has 20 heavy (non-hydrogen) atoms. The predicted molar refractivity (Wildman–Crippen MR) is 80.5 cm³/mol. The van der Waals surface area contributed by atoms with Gasteiger partial charge >= 0.3 is 0 Å². The lowest BCUT2D eigenvalue weighted by atomic mass is 10.3. The second kappa shape index (κ2) is 7.00. The highest BCUT2D eigenvalue weighted by atomic mass is 32.2. The first-order valence-corrected chi connectivity index (χ1v) is 9.20. The standard InChI is InChI=1S/C13H22N2O3S2/c1-10(5-7-18-2)15-20(16,17)13-6-8-19-12(13)9-14-11-3-4-11/h6,8,10-11,14-15H,3-5,7,9H2,1-2H3. The molecule has 1 heterocycles. The highest BCUT2D eigenvalue weighted by Gasteiger charge is 2.24. The van der Waals surface area contributed by atoms with E-state index in [0.717, 1.165) is 4.88 Å². The van der Waals surface area contributed by atoms with Crippen molar-refractivity contribution in [3.63, 3.8) is 0 Å². The highest BCUT2D eigenvalue weighted by molar-refractivity contribution is 7.89. The largest absolute Gasteiger partial charge is 0.385 e.